The summed E-state index contributed by atoms with van der Waals surface area (Å²) in [4.78, 5) is 15.2. The van der Waals surface area contributed by atoms with Gasteiger partial charge in [-0.3, -0.25) is 9.35 Å². The molecule has 1 N–H and O–H groups in total. The second-order valence-corrected chi connectivity index (χ2v) is 7.94. The van der Waals surface area contributed by atoms with Gasteiger partial charge in [-0.15, -0.1) is 11.3 Å². The highest BCUT2D eigenvalue weighted by Crippen LogP contribution is 2.38. The summed E-state index contributed by atoms with van der Waals surface area (Å²) in [6.07, 6.45) is 0.591. The topological polar surface area (TPSA) is 97.5 Å². The van der Waals surface area contributed by atoms with Crippen LogP contribution >= 0.6 is 11.3 Å². The average molecular weight is 385 g/mol. The van der Waals surface area contributed by atoms with Gasteiger partial charge in [-0.25, -0.2) is 4.98 Å². The molecule has 0 fully saturated rings. The van der Waals surface area contributed by atoms with Crippen LogP contribution in [0.5, 0.6) is 0 Å². The number of para-hydroxylation sites is 1. The van der Waals surface area contributed by atoms with Gasteiger partial charge in [-0.2, -0.15) is 8.42 Å². The van der Waals surface area contributed by atoms with Crippen molar-refractivity contribution in [1.82, 2.24) is 4.98 Å². The van der Waals surface area contributed by atoms with E-state index in [1.165, 1.54) is 35.6 Å². The van der Waals surface area contributed by atoms with Crippen LogP contribution < -0.4 is 0 Å². The molecule has 6 nitrogen and oxygen atoms in total. The Balaban J connectivity index is 1.98. The number of nitrogens with zero attached hydrogens (tertiary/aromatic N) is 1. The van der Waals surface area contributed by atoms with Crippen LogP contribution in [0.2, 0.25) is 0 Å². The molecule has 2 aromatic heterocycles. The van der Waals surface area contributed by atoms with Crippen LogP contribution in [0.15, 0.2) is 63.9 Å². The number of benzene rings is 2. The van der Waals surface area contributed by atoms with E-state index < -0.39 is 10.1 Å². The monoisotopic (exact) mass is 385 g/mol. The molecule has 0 amide bonds. The first-order valence-corrected chi connectivity index (χ1v) is 9.74. The number of hydrogen-bond acceptors (Lipinski definition) is 6. The second kappa shape index (κ2) is 6.17. The molecule has 130 valence electrons. The summed E-state index contributed by atoms with van der Waals surface area (Å²) in [5, 5.41) is 0.579. The van der Waals surface area contributed by atoms with Gasteiger partial charge < -0.3 is 4.42 Å². The Morgan fingerprint density at radius 1 is 1.04 bits per heavy atom. The van der Waals surface area contributed by atoms with Crippen molar-refractivity contribution in [2.75, 3.05) is 0 Å². The predicted octanol–water partition coefficient (Wildman–Crippen LogP) is 4.28. The van der Waals surface area contributed by atoms with Gasteiger partial charge in [0.15, 0.2) is 12.0 Å². The third-order valence-electron chi connectivity index (χ3n) is 3.82. The fraction of sp³-hybridized carbons (Fsp3) is 0. The Morgan fingerprint density at radius 3 is 2.54 bits per heavy atom. The van der Waals surface area contributed by atoms with Crippen LogP contribution in [0.4, 0.5) is 0 Å². The summed E-state index contributed by atoms with van der Waals surface area (Å²) in [6.45, 7) is 0. The molecule has 4 aromatic rings. The van der Waals surface area contributed by atoms with Crippen molar-refractivity contribution in [1.29, 1.82) is 0 Å². The molecule has 2 aromatic carbocycles. The van der Waals surface area contributed by atoms with Gasteiger partial charge >= 0.3 is 0 Å². The molecular formula is C18H11NO5S2. The zero-order valence-corrected chi connectivity index (χ0v) is 14.8. The fourth-order valence-electron chi connectivity index (χ4n) is 2.62. The lowest BCUT2D eigenvalue weighted by Gasteiger charge is -2.07. The smallest absolute Gasteiger partial charge is 0.294 e. The number of carbonyl (C=O) groups is 1. The SMILES string of the molecule is O=Cc1ccc(-c2ccc(S(=O)(=O)O)cc2-c2nc3ccccc3s2)o1. The molecule has 0 aliphatic carbocycles. The van der Waals surface area contributed by atoms with Crippen LogP contribution in [-0.4, -0.2) is 24.2 Å². The van der Waals surface area contributed by atoms with Gasteiger partial charge in [0.1, 0.15) is 10.8 Å². The Morgan fingerprint density at radius 2 is 1.85 bits per heavy atom. The number of aromatic nitrogens is 1. The molecule has 26 heavy (non-hydrogen) atoms. The Kier molecular flexibility index (Phi) is 3.95. The third-order valence-corrected chi connectivity index (χ3v) is 5.74. The maximum atomic E-state index is 11.6. The molecule has 0 aliphatic heterocycles. The normalized spacial score (nSPS) is 11.7. The second-order valence-electron chi connectivity index (χ2n) is 5.49. The molecule has 2 heterocycles. The minimum atomic E-state index is -4.37. The number of rotatable bonds is 4. The molecule has 0 spiro atoms. The summed E-state index contributed by atoms with van der Waals surface area (Å²) in [7, 11) is -4.37. The minimum Gasteiger partial charge on any atom is -0.453 e. The quantitative estimate of drug-likeness (QED) is 0.416. The maximum absolute atomic E-state index is 11.6. The highest BCUT2D eigenvalue weighted by Gasteiger charge is 2.19. The van der Waals surface area contributed by atoms with Crippen LogP contribution in [0.3, 0.4) is 0 Å². The first kappa shape index (κ1) is 16.6. The van der Waals surface area contributed by atoms with E-state index >= 15 is 0 Å². The van der Waals surface area contributed by atoms with Crippen molar-refractivity contribution in [3.63, 3.8) is 0 Å². The molecule has 0 bridgehead atoms. The van der Waals surface area contributed by atoms with Crippen molar-refractivity contribution in [2.24, 2.45) is 0 Å². The van der Waals surface area contributed by atoms with Crippen LogP contribution in [0, 0.1) is 0 Å². The first-order valence-electron chi connectivity index (χ1n) is 7.48. The van der Waals surface area contributed by atoms with Gasteiger partial charge in [-0.1, -0.05) is 12.1 Å². The number of aldehydes is 1. The van der Waals surface area contributed by atoms with E-state index in [2.05, 4.69) is 4.98 Å². The lowest BCUT2D eigenvalue weighted by atomic mass is 10.1. The summed E-state index contributed by atoms with van der Waals surface area (Å²) in [6, 6.07) is 14.9. The molecule has 0 unspecified atom stereocenters. The summed E-state index contributed by atoms with van der Waals surface area (Å²) >= 11 is 1.39. The number of carbonyl (C=O) groups excluding carboxylic acids is 1. The van der Waals surface area contributed by atoms with E-state index in [0.717, 1.165) is 10.2 Å². The lowest BCUT2D eigenvalue weighted by molar-refractivity contribution is 0.110. The van der Waals surface area contributed by atoms with E-state index in [1.807, 2.05) is 24.3 Å². The molecule has 0 atom stereocenters. The lowest BCUT2D eigenvalue weighted by Crippen LogP contribution is -1.98. The largest absolute Gasteiger partial charge is 0.453 e. The molecule has 0 aliphatic rings. The highest BCUT2D eigenvalue weighted by molar-refractivity contribution is 7.85. The Labute approximate surface area is 152 Å². The minimum absolute atomic E-state index is 0.161. The zero-order chi connectivity index (χ0) is 18.3. The van der Waals surface area contributed by atoms with Crippen molar-refractivity contribution in [3.05, 3.63) is 60.4 Å². The van der Waals surface area contributed by atoms with Gasteiger partial charge in [0.2, 0.25) is 0 Å². The highest BCUT2D eigenvalue weighted by atomic mass is 32.2. The van der Waals surface area contributed by atoms with E-state index in [1.54, 1.807) is 6.07 Å². The average Bonchev–Trinajstić information content (AvgIpc) is 3.27. The van der Waals surface area contributed by atoms with E-state index in [-0.39, 0.29) is 10.7 Å². The molecule has 0 radical (unpaired) electrons. The third kappa shape index (κ3) is 2.94. The Hall–Kier alpha value is -2.81. The van der Waals surface area contributed by atoms with Crippen molar-refractivity contribution in [3.8, 4) is 21.9 Å². The van der Waals surface area contributed by atoms with Gasteiger partial charge in [0, 0.05) is 11.1 Å². The summed E-state index contributed by atoms with van der Waals surface area (Å²) in [5.41, 5.74) is 1.85. The zero-order valence-electron chi connectivity index (χ0n) is 13.1. The Bertz CT molecular complexity index is 1200. The number of fused-ring (bicyclic) bond motifs is 1. The van der Waals surface area contributed by atoms with Gasteiger partial charge in [-0.05, 0) is 42.5 Å². The summed E-state index contributed by atoms with van der Waals surface area (Å²) in [5.74, 6) is 0.567. The van der Waals surface area contributed by atoms with Crippen molar-refractivity contribution < 1.29 is 22.2 Å². The fourth-order valence-corrected chi connectivity index (χ4v) is 4.13. The number of hydrogen-bond donors (Lipinski definition) is 1. The maximum Gasteiger partial charge on any atom is 0.294 e. The van der Waals surface area contributed by atoms with E-state index in [4.69, 9.17) is 4.42 Å². The molecular weight excluding hydrogens is 374 g/mol. The number of furan rings is 1. The molecule has 0 saturated carbocycles. The van der Waals surface area contributed by atoms with Crippen molar-refractivity contribution in [2.45, 2.75) is 4.90 Å². The summed E-state index contributed by atoms with van der Waals surface area (Å²) < 4.78 is 38.9. The van der Waals surface area contributed by atoms with Gasteiger partial charge in [0.05, 0.1) is 15.1 Å². The standard InChI is InChI=1S/C18H11NO5S2/c20-10-11-5-8-16(24-11)13-7-6-12(26(21,22)23)9-14(13)18-19-15-3-1-2-4-17(15)25-18/h1-10H,(H,21,22,23). The molecule has 4 rings (SSSR count). The first-order chi connectivity index (χ1) is 12.5. The molecule has 8 heteroatoms. The van der Waals surface area contributed by atoms with Crippen LogP contribution in [0.1, 0.15) is 10.6 Å². The number of thiazole rings is 1. The van der Waals surface area contributed by atoms with Crippen LogP contribution in [0.25, 0.3) is 32.1 Å². The van der Waals surface area contributed by atoms with Crippen molar-refractivity contribution >= 4 is 38.0 Å². The van der Waals surface area contributed by atoms with E-state index in [0.29, 0.717) is 28.2 Å². The van der Waals surface area contributed by atoms with Gasteiger partial charge in [0.25, 0.3) is 10.1 Å². The predicted molar refractivity (Wildman–Crippen MR) is 98.0 cm³/mol. The molecule has 0 saturated heterocycles. The van der Waals surface area contributed by atoms with E-state index in [9.17, 15) is 17.8 Å². The van der Waals surface area contributed by atoms with Crippen LogP contribution in [-0.2, 0) is 10.1 Å².